The number of halogens is 4. The number of hydrogen-bond acceptors (Lipinski definition) is 2. The molecule has 0 amide bonds. The fraction of sp³-hybridized carbons (Fsp3) is 0. The molecule has 0 spiro atoms. The summed E-state index contributed by atoms with van der Waals surface area (Å²) < 4.78 is 12.7. The van der Waals surface area contributed by atoms with Crippen LogP contribution in [0.15, 0.2) is 41.5 Å². The molecule has 2 nitrogen and oxygen atoms in total. The predicted molar refractivity (Wildman–Crippen MR) is 79.1 cm³/mol. The third-order valence-electron chi connectivity index (χ3n) is 2.27. The molecule has 0 aliphatic heterocycles. The summed E-state index contributed by atoms with van der Waals surface area (Å²) in [7, 11) is 0. The van der Waals surface area contributed by atoms with Gasteiger partial charge in [-0.1, -0.05) is 46.9 Å². The Bertz CT molecular complexity index is 589. The maximum atomic E-state index is 12.7. The average Bonchev–Trinajstić information content (AvgIpc) is 2.34. The summed E-state index contributed by atoms with van der Waals surface area (Å²) in [5.41, 5.74) is 3.93. The third-order valence-corrected chi connectivity index (χ3v) is 3.08. The second-order valence-corrected chi connectivity index (χ2v) is 4.92. The van der Waals surface area contributed by atoms with Gasteiger partial charge in [-0.3, -0.25) is 5.43 Å². The minimum atomic E-state index is -0.297. The molecule has 0 saturated carbocycles. The van der Waals surface area contributed by atoms with Crippen molar-refractivity contribution in [3.05, 3.63) is 62.8 Å². The molecule has 2 aromatic carbocycles. The molecule has 0 heterocycles. The van der Waals surface area contributed by atoms with Crippen molar-refractivity contribution in [1.29, 1.82) is 0 Å². The van der Waals surface area contributed by atoms with Gasteiger partial charge in [-0.25, -0.2) is 4.39 Å². The lowest BCUT2D eigenvalue weighted by Crippen LogP contribution is -1.93. The van der Waals surface area contributed by atoms with Gasteiger partial charge in [0.25, 0.3) is 0 Å². The Labute approximate surface area is 124 Å². The number of anilines is 1. The summed E-state index contributed by atoms with van der Waals surface area (Å²) in [6.45, 7) is 0. The van der Waals surface area contributed by atoms with Crippen molar-refractivity contribution < 1.29 is 4.39 Å². The molecule has 19 heavy (non-hydrogen) atoms. The van der Waals surface area contributed by atoms with Crippen LogP contribution in [-0.4, -0.2) is 6.21 Å². The van der Waals surface area contributed by atoms with Crippen molar-refractivity contribution in [2.75, 3.05) is 5.43 Å². The highest BCUT2D eigenvalue weighted by molar-refractivity contribution is 6.41. The molecule has 0 aliphatic rings. The number of hydrogen-bond donors (Lipinski definition) is 1. The van der Waals surface area contributed by atoms with E-state index in [0.29, 0.717) is 20.8 Å². The predicted octanol–water partition coefficient (Wildman–Crippen LogP) is 5.23. The van der Waals surface area contributed by atoms with Gasteiger partial charge in [0.15, 0.2) is 0 Å². The molecule has 0 fully saturated rings. The van der Waals surface area contributed by atoms with Crippen molar-refractivity contribution in [3.63, 3.8) is 0 Å². The number of nitrogens with zero attached hydrogens (tertiary/aromatic N) is 1. The van der Waals surface area contributed by atoms with Crippen LogP contribution in [0.4, 0.5) is 10.1 Å². The van der Waals surface area contributed by atoms with E-state index in [1.807, 2.05) is 0 Å². The Kier molecular flexibility index (Phi) is 4.64. The topological polar surface area (TPSA) is 24.4 Å². The van der Waals surface area contributed by atoms with Gasteiger partial charge in [-0.15, -0.1) is 0 Å². The van der Waals surface area contributed by atoms with Crippen molar-refractivity contribution in [3.8, 4) is 0 Å². The second kappa shape index (κ2) is 6.24. The SMILES string of the molecule is Fc1ccc(C=NNc2c(Cl)cc(Cl)cc2Cl)cc1. The van der Waals surface area contributed by atoms with Gasteiger partial charge in [0.1, 0.15) is 5.82 Å². The summed E-state index contributed by atoms with van der Waals surface area (Å²) in [5.74, 6) is -0.297. The Morgan fingerprint density at radius 3 is 2.16 bits per heavy atom. The quantitative estimate of drug-likeness (QED) is 0.608. The molecular weight excluding hydrogens is 310 g/mol. The van der Waals surface area contributed by atoms with E-state index >= 15 is 0 Å². The van der Waals surface area contributed by atoms with Crippen LogP contribution in [0, 0.1) is 5.82 Å². The van der Waals surface area contributed by atoms with Gasteiger partial charge in [-0.2, -0.15) is 5.10 Å². The van der Waals surface area contributed by atoms with Crippen molar-refractivity contribution in [2.45, 2.75) is 0 Å². The molecular formula is C13H8Cl3FN2. The smallest absolute Gasteiger partial charge is 0.123 e. The van der Waals surface area contributed by atoms with E-state index in [0.717, 1.165) is 5.56 Å². The molecule has 0 saturated heterocycles. The zero-order valence-electron chi connectivity index (χ0n) is 9.50. The lowest BCUT2D eigenvalue weighted by molar-refractivity contribution is 0.628. The first kappa shape index (κ1) is 14.1. The third kappa shape index (κ3) is 3.83. The van der Waals surface area contributed by atoms with E-state index in [1.54, 1.807) is 24.3 Å². The van der Waals surface area contributed by atoms with Gasteiger partial charge in [0, 0.05) is 5.02 Å². The van der Waals surface area contributed by atoms with Crippen molar-refractivity contribution in [1.82, 2.24) is 0 Å². The minimum Gasteiger partial charge on any atom is -0.275 e. The van der Waals surface area contributed by atoms with E-state index < -0.39 is 0 Å². The van der Waals surface area contributed by atoms with E-state index in [1.165, 1.54) is 18.3 Å². The zero-order valence-corrected chi connectivity index (χ0v) is 11.8. The molecule has 0 aromatic heterocycles. The molecule has 2 aromatic rings. The van der Waals surface area contributed by atoms with Crippen LogP contribution < -0.4 is 5.43 Å². The van der Waals surface area contributed by atoms with E-state index in [4.69, 9.17) is 34.8 Å². The van der Waals surface area contributed by atoms with Crippen LogP contribution in [0.5, 0.6) is 0 Å². The van der Waals surface area contributed by atoms with E-state index in [2.05, 4.69) is 10.5 Å². The fourth-order valence-corrected chi connectivity index (χ4v) is 2.27. The maximum Gasteiger partial charge on any atom is 0.123 e. The highest BCUT2D eigenvalue weighted by Crippen LogP contribution is 2.33. The summed E-state index contributed by atoms with van der Waals surface area (Å²) in [4.78, 5) is 0. The largest absolute Gasteiger partial charge is 0.275 e. The Morgan fingerprint density at radius 2 is 1.58 bits per heavy atom. The fourth-order valence-electron chi connectivity index (χ4n) is 1.37. The monoisotopic (exact) mass is 316 g/mol. The summed E-state index contributed by atoms with van der Waals surface area (Å²) in [5, 5.41) is 5.17. The molecule has 0 radical (unpaired) electrons. The van der Waals surface area contributed by atoms with E-state index in [-0.39, 0.29) is 5.82 Å². The van der Waals surface area contributed by atoms with Gasteiger partial charge < -0.3 is 0 Å². The van der Waals surface area contributed by atoms with Crippen molar-refractivity contribution in [2.24, 2.45) is 5.10 Å². The Morgan fingerprint density at radius 1 is 1.00 bits per heavy atom. The van der Waals surface area contributed by atoms with Gasteiger partial charge in [-0.05, 0) is 29.8 Å². The van der Waals surface area contributed by atoms with Gasteiger partial charge in [0.2, 0.25) is 0 Å². The lowest BCUT2D eigenvalue weighted by Gasteiger charge is -2.06. The Hall–Kier alpha value is -1.29. The first-order valence-corrected chi connectivity index (χ1v) is 6.39. The molecule has 0 atom stereocenters. The first-order chi connectivity index (χ1) is 9.06. The van der Waals surface area contributed by atoms with Crippen LogP contribution >= 0.6 is 34.8 Å². The molecule has 0 aliphatic carbocycles. The standard InChI is InChI=1S/C13H8Cl3FN2/c14-9-5-11(15)13(12(16)6-9)19-18-7-8-1-3-10(17)4-2-8/h1-7,19H. The summed E-state index contributed by atoms with van der Waals surface area (Å²) in [6.07, 6.45) is 1.53. The first-order valence-electron chi connectivity index (χ1n) is 5.25. The zero-order chi connectivity index (χ0) is 13.8. The number of rotatable bonds is 3. The highest BCUT2D eigenvalue weighted by atomic mass is 35.5. The van der Waals surface area contributed by atoms with Crippen LogP contribution in [0.25, 0.3) is 0 Å². The second-order valence-electron chi connectivity index (χ2n) is 3.67. The number of hydrazone groups is 1. The normalized spacial score (nSPS) is 10.9. The summed E-state index contributed by atoms with van der Waals surface area (Å²) >= 11 is 17.8. The summed E-state index contributed by atoms with van der Waals surface area (Å²) in [6, 6.07) is 9.03. The van der Waals surface area contributed by atoms with Crippen LogP contribution in [0.2, 0.25) is 15.1 Å². The number of benzene rings is 2. The lowest BCUT2D eigenvalue weighted by atomic mass is 10.2. The average molecular weight is 318 g/mol. The molecule has 0 unspecified atom stereocenters. The highest BCUT2D eigenvalue weighted by Gasteiger charge is 2.06. The van der Waals surface area contributed by atoms with Crippen LogP contribution in [-0.2, 0) is 0 Å². The molecule has 98 valence electrons. The minimum absolute atomic E-state index is 0.297. The van der Waals surface area contributed by atoms with Crippen LogP contribution in [0.1, 0.15) is 5.56 Å². The van der Waals surface area contributed by atoms with Crippen LogP contribution in [0.3, 0.4) is 0 Å². The van der Waals surface area contributed by atoms with Gasteiger partial charge in [0.05, 0.1) is 21.9 Å². The maximum absolute atomic E-state index is 12.7. The molecule has 2 rings (SSSR count). The molecule has 1 N–H and O–H groups in total. The van der Waals surface area contributed by atoms with Crippen molar-refractivity contribution >= 4 is 46.7 Å². The van der Waals surface area contributed by atoms with E-state index in [9.17, 15) is 4.39 Å². The van der Waals surface area contributed by atoms with Gasteiger partial charge >= 0.3 is 0 Å². The Balaban J connectivity index is 2.12. The number of nitrogens with one attached hydrogen (secondary N) is 1. The molecule has 6 heteroatoms. The molecule has 0 bridgehead atoms.